The molecule has 3 rings (SSSR count). The third-order valence-corrected chi connectivity index (χ3v) is 5.18. The van der Waals surface area contributed by atoms with Gasteiger partial charge >= 0.3 is 0 Å². The van der Waals surface area contributed by atoms with Crippen LogP contribution in [0.25, 0.3) is 11.3 Å². The van der Waals surface area contributed by atoms with Gasteiger partial charge in [-0.25, -0.2) is 4.98 Å². The zero-order valence-electron chi connectivity index (χ0n) is 14.5. The number of hydrogen-bond acceptors (Lipinski definition) is 4. The highest BCUT2D eigenvalue weighted by atomic mass is 35.5. The molecule has 0 saturated carbocycles. The molecule has 1 amide bonds. The van der Waals surface area contributed by atoms with E-state index >= 15 is 0 Å². The number of benzene rings is 2. The lowest BCUT2D eigenvalue weighted by Gasteiger charge is -2.07. The molecule has 1 N–H and O–H groups in total. The van der Waals surface area contributed by atoms with Crippen molar-refractivity contribution in [2.45, 2.75) is 19.4 Å². The van der Waals surface area contributed by atoms with E-state index in [1.807, 2.05) is 47.8 Å². The summed E-state index contributed by atoms with van der Waals surface area (Å²) >= 11 is 13.4. The van der Waals surface area contributed by atoms with Gasteiger partial charge in [0.2, 0.25) is 5.91 Å². The first-order valence-electron chi connectivity index (χ1n) is 8.46. The standard InChI is InChI=1S/C20H18Cl2N2O2S/c21-15-9-7-14(8-10-15)17-13-27-20(24-17)12-23-19(25)6-3-11-26-18-5-2-1-4-16(18)22/h1-2,4-5,7-10,13H,3,6,11-12H2,(H,23,25). The summed E-state index contributed by atoms with van der Waals surface area (Å²) in [5.74, 6) is 0.609. The molecule has 0 unspecified atom stereocenters. The van der Waals surface area contributed by atoms with E-state index in [0.29, 0.717) is 41.8 Å². The van der Waals surface area contributed by atoms with Gasteiger partial charge in [-0.2, -0.15) is 0 Å². The summed E-state index contributed by atoms with van der Waals surface area (Å²) in [6, 6.07) is 14.8. The van der Waals surface area contributed by atoms with E-state index in [2.05, 4.69) is 10.3 Å². The van der Waals surface area contributed by atoms with Crippen molar-refractivity contribution in [2.24, 2.45) is 0 Å². The summed E-state index contributed by atoms with van der Waals surface area (Å²) in [6.45, 7) is 0.859. The van der Waals surface area contributed by atoms with E-state index in [-0.39, 0.29) is 5.91 Å². The number of para-hydroxylation sites is 1. The van der Waals surface area contributed by atoms with Gasteiger partial charge in [0.05, 0.1) is 23.9 Å². The monoisotopic (exact) mass is 420 g/mol. The van der Waals surface area contributed by atoms with E-state index in [1.54, 1.807) is 6.07 Å². The summed E-state index contributed by atoms with van der Waals surface area (Å²) in [4.78, 5) is 16.5. The topological polar surface area (TPSA) is 51.2 Å². The van der Waals surface area contributed by atoms with Gasteiger partial charge in [-0.1, -0.05) is 47.5 Å². The maximum atomic E-state index is 12.0. The molecular formula is C20H18Cl2N2O2S. The van der Waals surface area contributed by atoms with Crippen molar-refractivity contribution < 1.29 is 9.53 Å². The van der Waals surface area contributed by atoms with Crippen LogP contribution in [-0.2, 0) is 11.3 Å². The lowest BCUT2D eigenvalue weighted by molar-refractivity contribution is -0.121. The van der Waals surface area contributed by atoms with Crippen LogP contribution in [0.2, 0.25) is 10.0 Å². The van der Waals surface area contributed by atoms with Crippen molar-refractivity contribution >= 4 is 40.4 Å². The number of nitrogens with zero attached hydrogens (tertiary/aromatic N) is 1. The molecule has 0 atom stereocenters. The molecule has 0 aliphatic carbocycles. The molecule has 0 aliphatic rings. The van der Waals surface area contributed by atoms with E-state index < -0.39 is 0 Å². The molecule has 0 fully saturated rings. The largest absolute Gasteiger partial charge is 0.492 e. The number of nitrogens with one attached hydrogen (secondary N) is 1. The Morgan fingerprint density at radius 3 is 2.67 bits per heavy atom. The Morgan fingerprint density at radius 2 is 1.89 bits per heavy atom. The molecule has 0 spiro atoms. The fourth-order valence-corrected chi connectivity index (χ4v) is 3.44. The Labute approximate surface area is 172 Å². The van der Waals surface area contributed by atoms with Crippen molar-refractivity contribution in [3.05, 3.63) is 69.0 Å². The Balaban J connectivity index is 1.39. The lowest BCUT2D eigenvalue weighted by Crippen LogP contribution is -2.22. The number of hydrogen-bond donors (Lipinski definition) is 1. The average molecular weight is 421 g/mol. The second-order valence-corrected chi connectivity index (χ2v) is 7.58. The highest BCUT2D eigenvalue weighted by Gasteiger charge is 2.07. The second kappa shape index (κ2) is 9.74. The number of ether oxygens (including phenoxy) is 1. The first kappa shape index (κ1) is 19.7. The molecule has 0 saturated heterocycles. The molecular weight excluding hydrogens is 403 g/mol. The minimum Gasteiger partial charge on any atom is -0.492 e. The average Bonchev–Trinajstić information content (AvgIpc) is 3.14. The number of carbonyl (C=O) groups excluding carboxylic acids is 1. The first-order valence-corrected chi connectivity index (χ1v) is 10.1. The lowest BCUT2D eigenvalue weighted by atomic mass is 10.2. The van der Waals surface area contributed by atoms with Crippen molar-refractivity contribution in [3.63, 3.8) is 0 Å². The zero-order valence-corrected chi connectivity index (χ0v) is 16.8. The van der Waals surface area contributed by atoms with Gasteiger partial charge in [0.15, 0.2) is 0 Å². The molecule has 0 radical (unpaired) electrons. The fourth-order valence-electron chi connectivity index (χ4n) is 2.38. The van der Waals surface area contributed by atoms with Gasteiger partial charge < -0.3 is 10.1 Å². The molecule has 0 bridgehead atoms. The summed E-state index contributed by atoms with van der Waals surface area (Å²) in [5.41, 5.74) is 1.89. The minimum atomic E-state index is -0.0269. The van der Waals surface area contributed by atoms with Gasteiger partial charge in [0.25, 0.3) is 0 Å². The first-order chi connectivity index (χ1) is 13.1. The van der Waals surface area contributed by atoms with E-state index in [9.17, 15) is 4.79 Å². The number of rotatable bonds is 8. The van der Waals surface area contributed by atoms with Crippen molar-refractivity contribution in [3.8, 4) is 17.0 Å². The number of amides is 1. The van der Waals surface area contributed by atoms with Crippen LogP contribution in [0.4, 0.5) is 0 Å². The minimum absolute atomic E-state index is 0.0269. The quantitative estimate of drug-likeness (QED) is 0.483. The summed E-state index contributed by atoms with van der Waals surface area (Å²) < 4.78 is 5.58. The third-order valence-electron chi connectivity index (χ3n) is 3.77. The van der Waals surface area contributed by atoms with Crippen LogP contribution in [0.3, 0.4) is 0 Å². The Kier molecular flexibility index (Phi) is 7.10. The second-order valence-electron chi connectivity index (χ2n) is 5.79. The number of halogens is 2. The van der Waals surface area contributed by atoms with Gasteiger partial charge in [-0.3, -0.25) is 4.79 Å². The highest BCUT2D eigenvalue weighted by molar-refractivity contribution is 7.09. The molecule has 7 heteroatoms. The third kappa shape index (κ3) is 5.96. The van der Waals surface area contributed by atoms with Crippen LogP contribution in [0.1, 0.15) is 17.8 Å². The smallest absolute Gasteiger partial charge is 0.220 e. The predicted molar refractivity (Wildman–Crippen MR) is 111 cm³/mol. The van der Waals surface area contributed by atoms with Gasteiger partial charge in [0, 0.05) is 22.4 Å². The van der Waals surface area contributed by atoms with Crippen LogP contribution in [0.5, 0.6) is 5.75 Å². The van der Waals surface area contributed by atoms with Crippen LogP contribution < -0.4 is 10.1 Å². The summed E-state index contributed by atoms with van der Waals surface area (Å²) in [6.07, 6.45) is 1.00. The molecule has 0 aliphatic heterocycles. The SMILES string of the molecule is O=C(CCCOc1ccccc1Cl)NCc1nc(-c2ccc(Cl)cc2)cs1. The predicted octanol–water partition coefficient (Wildman–Crippen LogP) is 5.59. The Bertz CT molecular complexity index is 897. The number of thiazole rings is 1. The number of aromatic nitrogens is 1. The summed E-state index contributed by atoms with van der Waals surface area (Å²) in [5, 5.41) is 6.99. The normalized spacial score (nSPS) is 10.6. The van der Waals surface area contributed by atoms with Crippen molar-refractivity contribution in [1.82, 2.24) is 10.3 Å². The molecule has 140 valence electrons. The molecule has 2 aromatic carbocycles. The molecule has 3 aromatic rings. The Morgan fingerprint density at radius 1 is 1.11 bits per heavy atom. The van der Waals surface area contributed by atoms with Crippen LogP contribution in [0.15, 0.2) is 53.9 Å². The molecule has 1 heterocycles. The van der Waals surface area contributed by atoms with Crippen LogP contribution in [0, 0.1) is 0 Å². The maximum Gasteiger partial charge on any atom is 0.220 e. The maximum absolute atomic E-state index is 12.0. The molecule has 4 nitrogen and oxygen atoms in total. The van der Waals surface area contributed by atoms with Crippen molar-refractivity contribution in [1.29, 1.82) is 0 Å². The van der Waals surface area contributed by atoms with Gasteiger partial charge in [-0.15, -0.1) is 11.3 Å². The van der Waals surface area contributed by atoms with Crippen molar-refractivity contribution in [2.75, 3.05) is 6.61 Å². The zero-order chi connectivity index (χ0) is 19.1. The van der Waals surface area contributed by atoms with E-state index in [4.69, 9.17) is 27.9 Å². The van der Waals surface area contributed by atoms with Gasteiger partial charge in [-0.05, 0) is 30.7 Å². The molecule has 27 heavy (non-hydrogen) atoms. The van der Waals surface area contributed by atoms with E-state index in [1.165, 1.54) is 11.3 Å². The highest BCUT2D eigenvalue weighted by Crippen LogP contribution is 2.24. The fraction of sp³-hybridized carbons (Fsp3) is 0.200. The van der Waals surface area contributed by atoms with Crippen LogP contribution in [-0.4, -0.2) is 17.5 Å². The molecule has 1 aromatic heterocycles. The van der Waals surface area contributed by atoms with Gasteiger partial charge in [0.1, 0.15) is 10.8 Å². The van der Waals surface area contributed by atoms with Crippen LogP contribution >= 0.6 is 34.5 Å². The number of carbonyl (C=O) groups is 1. The van der Waals surface area contributed by atoms with E-state index in [0.717, 1.165) is 16.3 Å². The summed E-state index contributed by atoms with van der Waals surface area (Å²) in [7, 11) is 0. The Hall–Kier alpha value is -2.08.